The average molecular weight is 206 g/mol. The van der Waals surface area contributed by atoms with E-state index in [9.17, 15) is 9.59 Å². The molecule has 1 aliphatic rings. The Morgan fingerprint density at radius 1 is 1.47 bits per heavy atom. The lowest BCUT2D eigenvalue weighted by Crippen LogP contribution is -2.28. The predicted molar refractivity (Wildman–Crippen MR) is 55.5 cm³/mol. The van der Waals surface area contributed by atoms with Gasteiger partial charge < -0.3 is 0 Å². The van der Waals surface area contributed by atoms with Gasteiger partial charge in [0.1, 0.15) is 6.54 Å². The highest BCUT2D eigenvalue weighted by Gasteiger charge is 2.22. The number of nitrogens with zero attached hydrogens (tertiary/aromatic N) is 2. The molecule has 1 saturated carbocycles. The molecule has 1 fully saturated rings. The Morgan fingerprint density at radius 3 is 2.87 bits per heavy atom. The van der Waals surface area contributed by atoms with Crippen LogP contribution < -0.4 is 5.56 Å². The Labute approximate surface area is 87.9 Å². The molecule has 0 atom stereocenters. The third-order valence-electron chi connectivity index (χ3n) is 2.90. The maximum Gasteiger partial charge on any atom is 0.267 e. The highest BCUT2D eigenvalue weighted by Crippen LogP contribution is 2.25. The summed E-state index contributed by atoms with van der Waals surface area (Å²) in [5.74, 6) is 0.298. The summed E-state index contributed by atoms with van der Waals surface area (Å²) in [4.78, 5) is 23.1. The third kappa shape index (κ3) is 2.32. The SMILES string of the molecule is O=C(Cn1ncccc1=O)C1CCCC1. The minimum atomic E-state index is -0.205. The van der Waals surface area contributed by atoms with Crippen molar-refractivity contribution in [3.05, 3.63) is 28.7 Å². The van der Waals surface area contributed by atoms with Gasteiger partial charge in [-0.2, -0.15) is 5.10 Å². The standard InChI is InChI=1S/C11H14N2O2/c14-10(9-4-1-2-5-9)8-13-11(15)6-3-7-12-13/h3,6-7,9H,1-2,4-5,8H2. The van der Waals surface area contributed by atoms with Gasteiger partial charge in [0.15, 0.2) is 5.78 Å². The Kier molecular flexibility index (Phi) is 2.94. The number of carbonyl (C=O) groups is 1. The molecule has 1 aliphatic carbocycles. The van der Waals surface area contributed by atoms with E-state index in [4.69, 9.17) is 0 Å². The molecule has 0 unspecified atom stereocenters. The van der Waals surface area contributed by atoms with E-state index in [1.807, 2.05) is 0 Å². The molecule has 15 heavy (non-hydrogen) atoms. The van der Waals surface area contributed by atoms with Crippen LogP contribution in [0.25, 0.3) is 0 Å². The number of Topliss-reactive ketones (excluding diaryl/α,β-unsaturated/α-hetero) is 1. The van der Waals surface area contributed by atoms with E-state index in [2.05, 4.69) is 5.10 Å². The van der Waals surface area contributed by atoms with E-state index >= 15 is 0 Å². The summed E-state index contributed by atoms with van der Waals surface area (Å²) in [6.45, 7) is 0.129. The molecule has 0 spiro atoms. The average Bonchev–Trinajstić information content (AvgIpc) is 2.74. The van der Waals surface area contributed by atoms with Crippen molar-refractivity contribution in [2.24, 2.45) is 5.92 Å². The maximum absolute atomic E-state index is 11.8. The van der Waals surface area contributed by atoms with E-state index in [1.54, 1.807) is 6.07 Å². The molecule has 2 rings (SSSR count). The molecule has 80 valence electrons. The van der Waals surface area contributed by atoms with Crippen LogP contribution in [0.1, 0.15) is 25.7 Å². The molecule has 0 radical (unpaired) electrons. The Hall–Kier alpha value is -1.45. The van der Waals surface area contributed by atoms with E-state index < -0.39 is 0 Å². The largest absolute Gasteiger partial charge is 0.297 e. The molecular formula is C11H14N2O2. The minimum Gasteiger partial charge on any atom is -0.297 e. The molecular weight excluding hydrogens is 192 g/mol. The van der Waals surface area contributed by atoms with Gasteiger partial charge in [-0.05, 0) is 18.9 Å². The first-order valence-corrected chi connectivity index (χ1v) is 5.32. The Bertz CT molecular complexity index is 405. The van der Waals surface area contributed by atoms with E-state index in [-0.39, 0.29) is 23.8 Å². The van der Waals surface area contributed by atoms with E-state index in [1.165, 1.54) is 16.9 Å². The van der Waals surface area contributed by atoms with E-state index in [0.717, 1.165) is 25.7 Å². The zero-order chi connectivity index (χ0) is 10.7. The first-order valence-electron chi connectivity index (χ1n) is 5.32. The van der Waals surface area contributed by atoms with Gasteiger partial charge in [-0.15, -0.1) is 0 Å². The second kappa shape index (κ2) is 4.38. The Morgan fingerprint density at radius 2 is 2.20 bits per heavy atom. The third-order valence-corrected chi connectivity index (χ3v) is 2.90. The van der Waals surface area contributed by atoms with Crippen LogP contribution in [0.5, 0.6) is 0 Å². The highest BCUT2D eigenvalue weighted by molar-refractivity contribution is 5.80. The number of rotatable bonds is 3. The summed E-state index contributed by atoms with van der Waals surface area (Å²) in [6, 6.07) is 3.01. The molecule has 0 saturated heterocycles. The summed E-state index contributed by atoms with van der Waals surface area (Å²) in [5.41, 5.74) is -0.205. The molecule has 0 amide bonds. The number of carbonyl (C=O) groups excluding carboxylic acids is 1. The zero-order valence-corrected chi connectivity index (χ0v) is 8.56. The lowest BCUT2D eigenvalue weighted by molar-refractivity contribution is -0.123. The highest BCUT2D eigenvalue weighted by atomic mass is 16.1. The molecule has 0 bridgehead atoms. The van der Waals surface area contributed by atoms with Gasteiger partial charge in [0.2, 0.25) is 0 Å². The maximum atomic E-state index is 11.8. The van der Waals surface area contributed by atoms with Gasteiger partial charge in [0.25, 0.3) is 5.56 Å². The fourth-order valence-corrected chi connectivity index (χ4v) is 2.03. The normalized spacial score (nSPS) is 16.8. The molecule has 0 aliphatic heterocycles. The smallest absolute Gasteiger partial charge is 0.267 e. The van der Waals surface area contributed by atoms with Crippen molar-refractivity contribution in [3.8, 4) is 0 Å². The van der Waals surface area contributed by atoms with Crippen molar-refractivity contribution in [2.45, 2.75) is 32.2 Å². The van der Waals surface area contributed by atoms with Crippen molar-refractivity contribution < 1.29 is 4.79 Å². The fourth-order valence-electron chi connectivity index (χ4n) is 2.03. The van der Waals surface area contributed by atoms with Gasteiger partial charge in [-0.3, -0.25) is 9.59 Å². The topological polar surface area (TPSA) is 52.0 Å². The van der Waals surface area contributed by atoms with Gasteiger partial charge in [-0.25, -0.2) is 4.68 Å². The summed E-state index contributed by atoms with van der Waals surface area (Å²) in [7, 11) is 0. The van der Waals surface area contributed by atoms with Crippen molar-refractivity contribution in [3.63, 3.8) is 0 Å². The van der Waals surface area contributed by atoms with Crippen molar-refractivity contribution >= 4 is 5.78 Å². The summed E-state index contributed by atoms with van der Waals surface area (Å²) in [6.07, 6.45) is 5.74. The van der Waals surface area contributed by atoms with Gasteiger partial charge in [0.05, 0.1) is 0 Å². The summed E-state index contributed by atoms with van der Waals surface area (Å²) < 4.78 is 1.24. The first kappa shape index (κ1) is 10.1. The Balaban J connectivity index is 2.05. The van der Waals surface area contributed by atoms with Gasteiger partial charge >= 0.3 is 0 Å². The van der Waals surface area contributed by atoms with E-state index in [0.29, 0.717) is 0 Å². The lowest BCUT2D eigenvalue weighted by Gasteiger charge is -2.07. The van der Waals surface area contributed by atoms with Crippen molar-refractivity contribution in [1.82, 2.24) is 9.78 Å². The second-order valence-electron chi connectivity index (χ2n) is 3.97. The van der Waals surface area contributed by atoms with Crippen LogP contribution in [0.2, 0.25) is 0 Å². The van der Waals surface area contributed by atoms with Crippen LogP contribution in [0.3, 0.4) is 0 Å². The molecule has 1 heterocycles. The molecule has 0 aromatic carbocycles. The second-order valence-corrected chi connectivity index (χ2v) is 3.97. The van der Waals surface area contributed by atoms with Crippen LogP contribution in [0.15, 0.2) is 23.1 Å². The fraction of sp³-hybridized carbons (Fsp3) is 0.545. The van der Waals surface area contributed by atoms with Crippen molar-refractivity contribution in [1.29, 1.82) is 0 Å². The molecule has 4 heteroatoms. The molecule has 1 aromatic rings. The first-order chi connectivity index (χ1) is 7.27. The van der Waals surface area contributed by atoms with Gasteiger partial charge in [0, 0.05) is 18.2 Å². The van der Waals surface area contributed by atoms with Crippen LogP contribution in [0, 0.1) is 5.92 Å². The number of ketones is 1. The molecule has 1 aromatic heterocycles. The molecule has 0 N–H and O–H groups in total. The molecule has 4 nitrogen and oxygen atoms in total. The predicted octanol–water partition coefficient (Wildman–Crippen LogP) is 1.00. The van der Waals surface area contributed by atoms with Crippen LogP contribution in [0.4, 0.5) is 0 Å². The van der Waals surface area contributed by atoms with Crippen molar-refractivity contribution in [2.75, 3.05) is 0 Å². The lowest BCUT2D eigenvalue weighted by atomic mass is 10.0. The quantitative estimate of drug-likeness (QED) is 0.741. The number of hydrogen-bond donors (Lipinski definition) is 0. The minimum absolute atomic E-state index is 0.129. The number of hydrogen-bond acceptors (Lipinski definition) is 3. The van der Waals surface area contributed by atoms with Crippen LogP contribution >= 0.6 is 0 Å². The van der Waals surface area contributed by atoms with Gasteiger partial charge in [-0.1, -0.05) is 12.8 Å². The van der Waals surface area contributed by atoms with Crippen LogP contribution in [-0.2, 0) is 11.3 Å². The summed E-state index contributed by atoms with van der Waals surface area (Å²) in [5, 5.41) is 3.87. The monoisotopic (exact) mass is 206 g/mol. The van der Waals surface area contributed by atoms with Crippen LogP contribution in [-0.4, -0.2) is 15.6 Å². The number of aromatic nitrogens is 2. The summed E-state index contributed by atoms with van der Waals surface area (Å²) >= 11 is 0. The zero-order valence-electron chi connectivity index (χ0n) is 8.56.